The van der Waals surface area contributed by atoms with E-state index in [4.69, 9.17) is 9.47 Å². The second-order valence-corrected chi connectivity index (χ2v) is 7.19. The molecule has 5 nitrogen and oxygen atoms in total. The number of quaternary nitrogens is 1. The van der Waals surface area contributed by atoms with Crippen LogP contribution in [0.15, 0.2) is 41.8 Å². The number of methoxy groups -OCH3 is 1. The molecule has 3 rings (SSSR count). The molecule has 1 aromatic carbocycles. The maximum atomic E-state index is 12.3. The number of benzene rings is 1. The molecule has 6 heteroatoms. The van der Waals surface area contributed by atoms with Crippen LogP contribution in [0.3, 0.4) is 0 Å². The zero-order valence-corrected chi connectivity index (χ0v) is 15.3. The molecule has 0 aliphatic carbocycles. The Bertz CT molecular complexity index is 652. The van der Waals surface area contributed by atoms with Crippen molar-refractivity contribution in [3.8, 4) is 5.75 Å². The molecule has 0 bridgehead atoms. The normalized spacial score (nSPS) is 16.4. The molecule has 1 aromatic heterocycles. The number of ether oxygens (including phenoxy) is 2. The second kappa shape index (κ2) is 8.99. The molecule has 1 saturated heterocycles. The molecule has 1 atom stereocenters. The van der Waals surface area contributed by atoms with E-state index < -0.39 is 0 Å². The number of amides is 1. The molecular weight excluding hydrogens is 336 g/mol. The minimum Gasteiger partial charge on any atom is -0.497 e. The molecule has 0 radical (unpaired) electrons. The van der Waals surface area contributed by atoms with E-state index in [9.17, 15) is 4.79 Å². The van der Waals surface area contributed by atoms with Crippen LogP contribution < -0.4 is 15.0 Å². The molecule has 1 aliphatic rings. The highest BCUT2D eigenvalue weighted by Crippen LogP contribution is 2.16. The summed E-state index contributed by atoms with van der Waals surface area (Å²) in [5.74, 6) is 0.926. The fraction of sp³-hybridized carbons (Fsp3) is 0.421. The summed E-state index contributed by atoms with van der Waals surface area (Å²) >= 11 is 1.62. The summed E-state index contributed by atoms with van der Waals surface area (Å²) in [6, 6.07) is 12.4. The molecule has 0 saturated carbocycles. The molecule has 1 fully saturated rings. The van der Waals surface area contributed by atoms with Crippen LogP contribution in [0.25, 0.3) is 0 Å². The van der Waals surface area contributed by atoms with Crippen LogP contribution in [0.5, 0.6) is 5.75 Å². The first kappa shape index (κ1) is 17.9. The van der Waals surface area contributed by atoms with E-state index in [-0.39, 0.29) is 11.9 Å². The van der Waals surface area contributed by atoms with E-state index in [1.165, 1.54) is 10.5 Å². The minimum absolute atomic E-state index is 0.0774. The lowest BCUT2D eigenvalue weighted by molar-refractivity contribution is -0.937. The first-order chi connectivity index (χ1) is 12.3. The predicted molar refractivity (Wildman–Crippen MR) is 98.3 cm³/mol. The van der Waals surface area contributed by atoms with Crippen molar-refractivity contribution in [3.63, 3.8) is 0 Å². The van der Waals surface area contributed by atoms with Crippen LogP contribution in [0.2, 0.25) is 0 Å². The van der Waals surface area contributed by atoms with Crippen molar-refractivity contribution in [2.45, 2.75) is 12.5 Å². The molecule has 0 unspecified atom stereocenters. The van der Waals surface area contributed by atoms with Gasteiger partial charge in [-0.25, -0.2) is 0 Å². The number of nitrogens with one attached hydrogen (secondary N) is 2. The molecule has 25 heavy (non-hydrogen) atoms. The van der Waals surface area contributed by atoms with Crippen LogP contribution in [0.4, 0.5) is 0 Å². The number of carbonyl (C=O) groups is 1. The molecular formula is C19H25N2O3S+. The number of hydrogen-bond acceptors (Lipinski definition) is 4. The summed E-state index contributed by atoms with van der Waals surface area (Å²) in [5, 5.41) is 5.12. The molecule has 1 amide bonds. The van der Waals surface area contributed by atoms with Crippen LogP contribution in [-0.2, 0) is 16.0 Å². The third kappa shape index (κ3) is 5.04. The van der Waals surface area contributed by atoms with Gasteiger partial charge in [0.15, 0.2) is 0 Å². The lowest BCUT2D eigenvalue weighted by Crippen LogP contribution is -3.15. The van der Waals surface area contributed by atoms with Crippen LogP contribution >= 0.6 is 11.3 Å². The standard InChI is InChI=1S/C19H24N2O3S/c1-23-16-6-4-15(5-7-16)18(21-8-10-24-11-9-21)14-20-19(22)13-17-3-2-12-25-17/h2-7,12,18H,8-11,13-14H2,1H3,(H,20,22)/p+1/t18-/m0/s1. The van der Waals surface area contributed by atoms with E-state index in [2.05, 4.69) is 17.4 Å². The van der Waals surface area contributed by atoms with Crippen molar-refractivity contribution in [1.29, 1.82) is 0 Å². The summed E-state index contributed by atoms with van der Waals surface area (Å²) < 4.78 is 10.7. The Hall–Kier alpha value is -1.89. The van der Waals surface area contributed by atoms with Crippen molar-refractivity contribution >= 4 is 17.2 Å². The third-order valence-corrected chi connectivity index (χ3v) is 5.44. The van der Waals surface area contributed by atoms with Gasteiger partial charge in [0.2, 0.25) is 5.91 Å². The summed E-state index contributed by atoms with van der Waals surface area (Å²) in [5.41, 5.74) is 1.22. The fourth-order valence-electron chi connectivity index (χ4n) is 3.17. The fourth-order valence-corrected chi connectivity index (χ4v) is 3.87. The van der Waals surface area contributed by atoms with Gasteiger partial charge in [0.1, 0.15) is 24.9 Å². The van der Waals surface area contributed by atoms with Crippen molar-refractivity contribution in [1.82, 2.24) is 5.32 Å². The quantitative estimate of drug-likeness (QED) is 0.776. The van der Waals surface area contributed by atoms with Gasteiger partial charge in [0.05, 0.1) is 33.3 Å². The molecule has 1 aliphatic heterocycles. The van der Waals surface area contributed by atoms with Gasteiger partial charge in [0, 0.05) is 10.4 Å². The Morgan fingerprint density at radius 2 is 2.04 bits per heavy atom. The third-order valence-electron chi connectivity index (χ3n) is 4.56. The van der Waals surface area contributed by atoms with Gasteiger partial charge >= 0.3 is 0 Å². The van der Waals surface area contributed by atoms with Crippen molar-refractivity contribution < 1.29 is 19.2 Å². The number of thiophene rings is 1. The molecule has 0 spiro atoms. The Labute approximate surface area is 152 Å². The average molecular weight is 361 g/mol. The second-order valence-electron chi connectivity index (χ2n) is 6.16. The Balaban J connectivity index is 1.65. The first-order valence-electron chi connectivity index (χ1n) is 8.61. The zero-order valence-electron chi connectivity index (χ0n) is 14.5. The summed E-state index contributed by atoms with van der Waals surface area (Å²) in [4.78, 5) is 14.8. The highest BCUT2D eigenvalue weighted by Gasteiger charge is 2.26. The summed E-state index contributed by atoms with van der Waals surface area (Å²) in [6.45, 7) is 4.08. The van der Waals surface area contributed by atoms with Gasteiger partial charge in [-0.3, -0.25) is 4.79 Å². The number of morpholine rings is 1. The molecule has 2 aromatic rings. The van der Waals surface area contributed by atoms with E-state index in [0.717, 1.165) is 36.9 Å². The van der Waals surface area contributed by atoms with Crippen molar-refractivity contribution in [2.24, 2.45) is 0 Å². The van der Waals surface area contributed by atoms with E-state index >= 15 is 0 Å². The SMILES string of the molecule is COc1ccc([C@H](CNC(=O)Cc2cccs2)[NH+]2CCOCC2)cc1. The monoisotopic (exact) mass is 361 g/mol. The highest BCUT2D eigenvalue weighted by atomic mass is 32.1. The number of rotatable bonds is 7. The molecule has 2 heterocycles. The van der Waals surface area contributed by atoms with E-state index in [1.54, 1.807) is 18.4 Å². The number of carbonyl (C=O) groups excluding carboxylic acids is 1. The molecule has 2 N–H and O–H groups in total. The van der Waals surface area contributed by atoms with Crippen molar-refractivity contribution in [3.05, 3.63) is 52.2 Å². The van der Waals surface area contributed by atoms with Gasteiger partial charge in [-0.15, -0.1) is 11.3 Å². The highest BCUT2D eigenvalue weighted by molar-refractivity contribution is 7.10. The Kier molecular flexibility index (Phi) is 6.44. The Morgan fingerprint density at radius 3 is 2.68 bits per heavy atom. The topological polar surface area (TPSA) is 52.0 Å². The number of hydrogen-bond donors (Lipinski definition) is 2. The van der Waals surface area contributed by atoms with E-state index in [0.29, 0.717) is 13.0 Å². The average Bonchev–Trinajstić information content (AvgIpc) is 3.16. The van der Waals surface area contributed by atoms with Gasteiger partial charge in [-0.05, 0) is 35.7 Å². The zero-order chi connectivity index (χ0) is 17.5. The van der Waals surface area contributed by atoms with Crippen LogP contribution in [0.1, 0.15) is 16.5 Å². The van der Waals surface area contributed by atoms with Gasteiger partial charge < -0.3 is 19.7 Å². The van der Waals surface area contributed by atoms with Crippen molar-refractivity contribution in [2.75, 3.05) is 40.0 Å². The minimum atomic E-state index is 0.0774. The van der Waals surface area contributed by atoms with Gasteiger partial charge in [-0.2, -0.15) is 0 Å². The maximum absolute atomic E-state index is 12.3. The van der Waals surface area contributed by atoms with E-state index in [1.807, 2.05) is 29.6 Å². The van der Waals surface area contributed by atoms with Gasteiger partial charge in [0.25, 0.3) is 0 Å². The lowest BCUT2D eigenvalue weighted by atomic mass is 10.0. The van der Waals surface area contributed by atoms with Crippen LogP contribution in [-0.4, -0.2) is 45.9 Å². The lowest BCUT2D eigenvalue weighted by Gasteiger charge is -2.32. The largest absolute Gasteiger partial charge is 0.497 e. The van der Waals surface area contributed by atoms with Crippen LogP contribution in [0, 0.1) is 0 Å². The maximum Gasteiger partial charge on any atom is 0.225 e. The first-order valence-corrected chi connectivity index (χ1v) is 9.49. The predicted octanol–water partition coefficient (Wildman–Crippen LogP) is 1.07. The van der Waals surface area contributed by atoms with Gasteiger partial charge in [-0.1, -0.05) is 6.07 Å². The summed E-state index contributed by atoms with van der Waals surface area (Å²) in [6.07, 6.45) is 0.450. The Morgan fingerprint density at radius 1 is 1.28 bits per heavy atom. The smallest absolute Gasteiger partial charge is 0.225 e. The summed E-state index contributed by atoms with van der Waals surface area (Å²) in [7, 11) is 1.67. The molecule has 134 valence electrons.